The molecule has 2 fully saturated rings. The molecule has 7 heteroatoms. The monoisotopic (exact) mass is 407 g/mol. The Balaban J connectivity index is 1.48. The Morgan fingerprint density at radius 3 is 2.31 bits per heavy atom. The molecule has 29 heavy (non-hydrogen) atoms. The number of carbonyl (C=O) groups is 2. The normalized spacial score (nSPS) is 19.9. The van der Waals surface area contributed by atoms with Crippen molar-refractivity contribution < 1.29 is 23.5 Å². The van der Waals surface area contributed by atoms with E-state index < -0.39 is 30.7 Å². The van der Waals surface area contributed by atoms with Gasteiger partial charge < -0.3 is 20.1 Å². The minimum atomic E-state index is -3.20. The highest BCUT2D eigenvalue weighted by Gasteiger charge is 2.38. The lowest BCUT2D eigenvalue weighted by Gasteiger charge is -2.39. The molecule has 2 amide bonds. The van der Waals surface area contributed by atoms with Gasteiger partial charge >= 0.3 is 6.03 Å². The molecule has 2 aliphatic rings. The van der Waals surface area contributed by atoms with Crippen LogP contribution in [0.1, 0.15) is 50.5 Å². The van der Waals surface area contributed by atoms with E-state index in [-0.39, 0.29) is 12.6 Å². The van der Waals surface area contributed by atoms with Crippen molar-refractivity contribution in [1.29, 1.82) is 0 Å². The summed E-state index contributed by atoms with van der Waals surface area (Å²) < 4.78 is 28.7. The fourth-order valence-corrected chi connectivity index (χ4v) is 4.70. The lowest BCUT2D eigenvalue weighted by molar-refractivity contribution is -0.313. The molecule has 1 aromatic rings. The number of nitrogens with zero attached hydrogens (tertiary/aromatic N) is 1. The van der Waals surface area contributed by atoms with Crippen molar-refractivity contribution >= 4 is 12.0 Å². The minimum Gasteiger partial charge on any atom is -0.550 e. The first-order valence-corrected chi connectivity index (χ1v) is 10.4. The summed E-state index contributed by atoms with van der Waals surface area (Å²) >= 11 is 0. The molecular formula is C22H29F2N2O3-. The number of nitrogens with one attached hydrogen (secondary N) is 1. The molecule has 1 aromatic carbocycles. The molecule has 1 heterocycles. The van der Waals surface area contributed by atoms with Crippen LogP contribution in [0, 0.1) is 11.3 Å². The van der Waals surface area contributed by atoms with Crippen molar-refractivity contribution in [2.45, 2.75) is 57.3 Å². The van der Waals surface area contributed by atoms with Gasteiger partial charge in [-0.05, 0) is 36.7 Å². The number of likely N-dealkylation sites (tertiary alicyclic amines) is 1. The second-order valence-corrected chi connectivity index (χ2v) is 8.62. The average molecular weight is 407 g/mol. The maximum Gasteiger partial charge on any atom is 0.317 e. The number of hydrogen-bond acceptors (Lipinski definition) is 3. The first kappa shape index (κ1) is 21.5. The van der Waals surface area contributed by atoms with Crippen molar-refractivity contribution in [3.63, 3.8) is 0 Å². The fraction of sp³-hybridized carbons (Fsp3) is 0.636. The molecule has 1 saturated carbocycles. The molecular weight excluding hydrogens is 378 g/mol. The molecule has 3 rings (SSSR count). The summed E-state index contributed by atoms with van der Waals surface area (Å²) in [5.41, 5.74) is 0.803. The van der Waals surface area contributed by atoms with Crippen molar-refractivity contribution in [2.75, 3.05) is 19.6 Å². The van der Waals surface area contributed by atoms with Crippen LogP contribution in [0.25, 0.3) is 0 Å². The van der Waals surface area contributed by atoms with Gasteiger partial charge in [0.2, 0.25) is 0 Å². The number of aliphatic carboxylic acids is 1. The molecule has 1 spiro atoms. The standard InChI is InChI=1S/C22H30F2N2O3/c23-22(24,14-17-6-2-1-3-7-17)15-18(19(27)28)16-25-20(29)26-12-10-21(11-13-26)8-4-5-9-21/h1-3,6-7,18H,4-5,8-16H2,(H,25,29)(H,27,28)/p-1/t18-/m0/s1. The van der Waals surface area contributed by atoms with Crippen LogP contribution in [0.2, 0.25) is 0 Å². The van der Waals surface area contributed by atoms with E-state index in [1.54, 1.807) is 35.2 Å². The molecule has 1 aliphatic heterocycles. The lowest BCUT2D eigenvalue weighted by Crippen LogP contribution is -2.49. The number of urea groups is 1. The minimum absolute atomic E-state index is 0.354. The number of halogens is 2. The Bertz CT molecular complexity index is 695. The van der Waals surface area contributed by atoms with Crippen LogP contribution in [0.4, 0.5) is 13.6 Å². The van der Waals surface area contributed by atoms with Gasteiger partial charge in [-0.15, -0.1) is 0 Å². The number of carboxylic acids is 1. The number of carboxylic acid groups (broad SMARTS) is 1. The Morgan fingerprint density at radius 2 is 1.72 bits per heavy atom. The molecule has 0 radical (unpaired) electrons. The summed E-state index contributed by atoms with van der Waals surface area (Å²) in [5.74, 6) is -6.21. The summed E-state index contributed by atoms with van der Waals surface area (Å²) in [7, 11) is 0. The Hall–Kier alpha value is -2.18. The molecule has 160 valence electrons. The number of alkyl halides is 2. The van der Waals surface area contributed by atoms with Gasteiger partial charge in [0.15, 0.2) is 0 Å². The van der Waals surface area contributed by atoms with Crippen molar-refractivity contribution in [3.8, 4) is 0 Å². The first-order chi connectivity index (χ1) is 13.8. The molecule has 1 atom stereocenters. The van der Waals surface area contributed by atoms with Crippen LogP contribution >= 0.6 is 0 Å². The van der Waals surface area contributed by atoms with E-state index in [9.17, 15) is 23.5 Å². The predicted molar refractivity (Wildman–Crippen MR) is 103 cm³/mol. The highest BCUT2D eigenvalue weighted by Crippen LogP contribution is 2.46. The van der Waals surface area contributed by atoms with Crippen LogP contribution in [-0.4, -0.2) is 42.5 Å². The van der Waals surface area contributed by atoms with Gasteiger partial charge in [-0.2, -0.15) is 0 Å². The third kappa shape index (κ3) is 5.90. The van der Waals surface area contributed by atoms with Crippen molar-refractivity contribution in [1.82, 2.24) is 10.2 Å². The van der Waals surface area contributed by atoms with E-state index >= 15 is 0 Å². The zero-order valence-electron chi connectivity index (χ0n) is 16.7. The largest absolute Gasteiger partial charge is 0.550 e. The predicted octanol–water partition coefficient (Wildman–Crippen LogP) is 2.99. The van der Waals surface area contributed by atoms with Gasteiger partial charge in [0.25, 0.3) is 5.92 Å². The molecule has 0 aromatic heterocycles. The summed E-state index contributed by atoms with van der Waals surface area (Å²) in [6.45, 7) is 0.908. The highest BCUT2D eigenvalue weighted by atomic mass is 19.3. The molecule has 0 bridgehead atoms. The number of rotatable bonds is 7. The number of benzene rings is 1. The van der Waals surface area contributed by atoms with Crippen LogP contribution in [0.5, 0.6) is 0 Å². The quantitative estimate of drug-likeness (QED) is 0.755. The topological polar surface area (TPSA) is 72.5 Å². The number of hydrogen-bond donors (Lipinski definition) is 1. The van der Waals surface area contributed by atoms with Gasteiger partial charge in [-0.25, -0.2) is 13.6 Å². The average Bonchev–Trinajstić information content (AvgIpc) is 3.13. The highest BCUT2D eigenvalue weighted by molar-refractivity contribution is 5.75. The second kappa shape index (κ2) is 9.09. The SMILES string of the molecule is O=C([O-])[C@H](CNC(=O)N1CCC2(CCCC2)CC1)CC(F)(F)Cc1ccccc1. The zero-order chi connectivity index (χ0) is 20.9. The smallest absolute Gasteiger partial charge is 0.317 e. The maximum atomic E-state index is 14.4. The van der Waals surface area contributed by atoms with E-state index in [0.717, 1.165) is 12.8 Å². The molecule has 5 nitrogen and oxygen atoms in total. The Morgan fingerprint density at radius 1 is 1.10 bits per heavy atom. The van der Waals surface area contributed by atoms with E-state index in [2.05, 4.69) is 5.32 Å². The number of amides is 2. The zero-order valence-corrected chi connectivity index (χ0v) is 16.7. The third-order valence-electron chi connectivity index (χ3n) is 6.46. The van der Waals surface area contributed by atoms with Crippen LogP contribution in [0.3, 0.4) is 0 Å². The van der Waals surface area contributed by atoms with Crippen molar-refractivity contribution in [2.24, 2.45) is 11.3 Å². The molecule has 1 aliphatic carbocycles. The first-order valence-electron chi connectivity index (χ1n) is 10.4. The van der Waals surface area contributed by atoms with Gasteiger partial charge in [0.1, 0.15) is 0 Å². The molecule has 1 saturated heterocycles. The van der Waals surface area contributed by atoms with E-state index in [4.69, 9.17) is 0 Å². The van der Waals surface area contributed by atoms with Gasteiger partial charge in [0, 0.05) is 44.4 Å². The fourth-order valence-electron chi connectivity index (χ4n) is 4.70. The van der Waals surface area contributed by atoms with E-state index in [1.807, 2.05) is 0 Å². The van der Waals surface area contributed by atoms with Crippen LogP contribution in [-0.2, 0) is 11.2 Å². The van der Waals surface area contributed by atoms with Crippen LogP contribution < -0.4 is 10.4 Å². The van der Waals surface area contributed by atoms with Gasteiger partial charge in [-0.1, -0.05) is 43.2 Å². The second-order valence-electron chi connectivity index (χ2n) is 8.62. The molecule has 0 unspecified atom stereocenters. The van der Waals surface area contributed by atoms with E-state index in [1.165, 1.54) is 25.7 Å². The summed E-state index contributed by atoms with van der Waals surface area (Å²) in [6, 6.07) is 7.84. The number of carbonyl (C=O) groups excluding carboxylic acids is 2. The summed E-state index contributed by atoms with van der Waals surface area (Å²) in [6.07, 6.45) is 5.43. The lowest BCUT2D eigenvalue weighted by atomic mass is 9.77. The Labute approximate surface area is 170 Å². The van der Waals surface area contributed by atoms with Gasteiger partial charge in [0.05, 0.1) is 0 Å². The van der Waals surface area contributed by atoms with E-state index in [0.29, 0.717) is 24.1 Å². The van der Waals surface area contributed by atoms with Gasteiger partial charge in [-0.3, -0.25) is 0 Å². The maximum absolute atomic E-state index is 14.4. The van der Waals surface area contributed by atoms with Crippen LogP contribution in [0.15, 0.2) is 30.3 Å². The summed E-state index contributed by atoms with van der Waals surface area (Å²) in [5, 5.41) is 13.9. The Kier molecular flexibility index (Phi) is 6.75. The molecule has 1 N–H and O–H groups in total. The summed E-state index contributed by atoms with van der Waals surface area (Å²) in [4.78, 5) is 25.4. The third-order valence-corrected chi connectivity index (χ3v) is 6.46. The number of piperidine rings is 1. The van der Waals surface area contributed by atoms with Crippen molar-refractivity contribution in [3.05, 3.63) is 35.9 Å².